The number of hydrogen-bond donors (Lipinski definition) is 2. The molecule has 0 aromatic heterocycles. The number of nitrogens with two attached hydrogens (primary N) is 1. The molecule has 1 atom stereocenters. The molecule has 0 radical (unpaired) electrons. The minimum absolute atomic E-state index is 0.0464. The first-order chi connectivity index (χ1) is 7.54. The van der Waals surface area contributed by atoms with Crippen molar-refractivity contribution in [3.8, 4) is 0 Å². The van der Waals surface area contributed by atoms with Crippen molar-refractivity contribution in [2.75, 3.05) is 13.1 Å². The molecule has 6 heteroatoms. The molecule has 0 aliphatic rings. The van der Waals surface area contributed by atoms with Gasteiger partial charge in [0.25, 0.3) is 6.43 Å². The molecule has 3 N–H and O–H groups in total. The zero-order chi connectivity index (χ0) is 12.1. The van der Waals surface area contributed by atoms with Gasteiger partial charge in [0.05, 0.1) is 6.54 Å². The molecule has 0 saturated carbocycles. The Morgan fingerprint density at radius 3 is 2.44 bits per heavy atom. The van der Waals surface area contributed by atoms with Crippen LogP contribution in [0.3, 0.4) is 0 Å². The van der Waals surface area contributed by atoms with Gasteiger partial charge in [0.15, 0.2) is 0 Å². The van der Waals surface area contributed by atoms with Crippen LogP contribution in [0.2, 0.25) is 0 Å². The summed E-state index contributed by atoms with van der Waals surface area (Å²) in [6.45, 7) is -0.631. The summed E-state index contributed by atoms with van der Waals surface area (Å²) in [7, 11) is 0. The van der Waals surface area contributed by atoms with E-state index in [9.17, 15) is 17.6 Å². The molecule has 1 rings (SSSR count). The summed E-state index contributed by atoms with van der Waals surface area (Å²) >= 11 is 0. The molecule has 90 valence electrons. The summed E-state index contributed by atoms with van der Waals surface area (Å²) in [6, 6.07) is 2.21. The van der Waals surface area contributed by atoms with Gasteiger partial charge >= 0.3 is 0 Å². The number of alkyl halides is 2. The van der Waals surface area contributed by atoms with Gasteiger partial charge in [-0.1, -0.05) is 6.07 Å². The highest BCUT2D eigenvalue weighted by molar-refractivity contribution is 5.22. The third-order valence-electron chi connectivity index (χ3n) is 2.09. The Hall–Kier alpha value is -1.14. The molecule has 16 heavy (non-hydrogen) atoms. The van der Waals surface area contributed by atoms with E-state index >= 15 is 0 Å². The fourth-order valence-corrected chi connectivity index (χ4v) is 1.34. The van der Waals surface area contributed by atoms with Crippen LogP contribution in [-0.4, -0.2) is 19.5 Å². The fraction of sp³-hybridized carbons (Fsp3) is 0.400. The first-order valence-corrected chi connectivity index (χ1v) is 4.71. The van der Waals surface area contributed by atoms with Gasteiger partial charge in [-0.05, 0) is 6.07 Å². The van der Waals surface area contributed by atoms with Crippen LogP contribution in [0.15, 0.2) is 18.2 Å². The zero-order valence-corrected chi connectivity index (χ0v) is 8.39. The number of rotatable bonds is 5. The van der Waals surface area contributed by atoms with Gasteiger partial charge in [0, 0.05) is 24.2 Å². The summed E-state index contributed by atoms with van der Waals surface area (Å²) in [5.74, 6) is -1.51. The van der Waals surface area contributed by atoms with E-state index in [1.165, 1.54) is 6.07 Å². The Kier molecular flexibility index (Phi) is 4.70. The number of hydrogen-bond acceptors (Lipinski definition) is 2. The molecule has 0 fully saturated rings. The lowest BCUT2D eigenvalue weighted by Gasteiger charge is -2.17. The number of benzene rings is 1. The van der Waals surface area contributed by atoms with Gasteiger partial charge in [-0.3, -0.25) is 0 Å². The molecule has 1 aromatic carbocycles. The molecule has 0 heterocycles. The molecule has 1 unspecified atom stereocenters. The summed E-state index contributed by atoms with van der Waals surface area (Å²) < 4.78 is 49.8. The van der Waals surface area contributed by atoms with E-state index in [1.807, 2.05) is 0 Å². The van der Waals surface area contributed by atoms with E-state index in [-0.39, 0.29) is 12.1 Å². The molecule has 0 bridgehead atoms. The van der Waals surface area contributed by atoms with Crippen molar-refractivity contribution >= 4 is 0 Å². The lowest BCUT2D eigenvalue weighted by molar-refractivity contribution is 0.141. The van der Waals surface area contributed by atoms with Crippen molar-refractivity contribution in [2.45, 2.75) is 12.5 Å². The maximum Gasteiger partial charge on any atom is 0.250 e. The molecular weight excluding hydrogens is 224 g/mol. The third kappa shape index (κ3) is 3.46. The van der Waals surface area contributed by atoms with Crippen molar-refractivity contribution in [3.63, 3.8) is 0 Å². The molecular formula is C10H12F4N2. The summed E-state index contributed by atoms with van der Waals surface area (Å²) in [5, 5.41) is 2.41. The van der Waals surface area contributed by atoms with E-state index in [0.29, 0.717) is 6.07 Å². The van der Waals surface area contributed by atoms with E-state index in [2.05, 4.69) is 5.32 Å². The second-order valence-corrected chi connectivity index (χ2v) is 3.25. The molecule has 2 nitrogen and oxygen atoms in total. The van der Waals surface area contributed by atoms with E-state index < -0.39 is 30.6 Å². The first kappa shape index (κ1) is 12.9. The van der Waals surface area contributed by atoms with Gasteiger partial charge in [0.1, 0.15) is 11.6 Å². The monoisotopic (exact) mass is 236 g/mol. The number of halogens is 4. The SMILES string of the molecule is NCC(NCC(F)F)c1ccc(F)cc1F. The molecule has 0 spiro atoms. The average Bonchev–Trinajstić information content (AvgIpc) is 2.21. The van der Waals surface area contributed by atoms with Crippen LogP contribution < -0.4 is 11.1 Å². The predicted molar refractivity (Wildman–Crippen MR) is 52.2 cm³/mol. The summed E-state index contributed by atoms with van der Waals surface area (Å²) in [6.07, 6.45) is -2.54. The van der Waals surface area contributed by atoms with E-state index in [0.717, 1.165) is 6.07 Å². The fourth-order valence-electron chi connectivity index (χ4n) is 1.34. The predicted octanol–water partition coefficient (Wildman–Crippen LogP) is 1.82. The smallest absolute Gasteiger partial charge is 0.250 e. The number of nitrogens with one attached hydrogen (secondary N) is 1. The minimum Gasteiger partial charge on any atom is -0.329 e. The van der Waals surface area contributed by atoms with Gasteiger partial charge in [-0.2, -0.15) is 0 Å². The van der Waals surface area contributed by atoms with Crippen molar-refractivity contribution < 1.29 is 17.6 Å². The highest BCUT2D eigenvalue weighted by atomic mass is 19.3. The standard InChI is InChI=1S/C10H12F4N2/c11-6-1-2-7(8(12)3-6)9(4-15)16-5-10(13)14/h1-3,9-10,16H,4-5,15H2. The molecule has 0 saturated heterocycles. The van der Waals surface area contributed by atoms with Crippen molar-refractivity contribution in [2.24, 2.45) is 5.73 Å². The highest BCUT2D eigenvalue weighted by Gasteiger charge is 2.15. The van der Waals surface area contributed by atoms with E-state index in [4.69, 9.17) is 5.73 Å². The third-order valence-corrected chi connectivity index (χ3v) is 2.09. The topological polar surface area (TPSA) is 38.0 Å². The van der Waals surface area contributed by atoms with Crippen LogP contribution in [0.1, 0.15) is 11.6 Å². The lowest BCUT2D eigenvalue weighted by Crippen LogP contribution is -2.32. The highest BCUT2D eigenvalue weighted by Crippen LogP contribution is 2.17. The van der Waals surface area contributed by atoms with Gasteiger partial charge in [-0.15, -0.1) is 0 Å². The van der Waals surface area contributed by atoms with Crippen LogP contribution in [0.4, 0.5) is 17.6 Å². The lowest BCUT2D eigenvalue weighted by atomic mass is 10.1. The van der Waals surface area contributed by atoms with Crippen LogP contribution in [-0.2, 0) is 0 Å². The van der Waals surface area contributed by atoms with Gasteiger partial charge in [0.2, 0.25) is 0 Å². The second-order valence-electron chi connectivity index (χ2n) is 3.25. The quantitative estimate of drug-likeness (QED) is 0.765. The summed E-state index contributed by atoms with van der Waals surface area (Å²) in [4.78, 5) is 0. The van der Waals surface area contributed by atoms with Crippen molar-refractivity contribution in [1.82, 2.24) is 5.32 Å². The maximum atomic E-state index is 13.3. The first-order valence-electron chi connectivity index (χ1n) is 4.71. The molecule has 1 aromatic rings. The van der Waals surface area contributed by atoms with Crippen molar-refractivity contribution in [3.05, 3.63) is 35.4 Å². The Morgan fingerprint density at radius 2 is 1.94 bits per heavy atom. The normalized spacial score (nSPS) is 13.1. The largest absolute Gasteiger partial charge is 0.329 e. The maximum absolute atomic E-state index is 13.3. The molecule has 0 amide bonds. The zero-order valence-electron chi connectivity index (χ0n) is 8.39. The van der Waals surface area contributed by atoms with Crippen molar-refractivity contribution in [1.29, 1.82) is 0 Å². The summed E-state index contributed by atoms with van der Waals surface area (Å²) in [5.41, 5.74) is 5.42. The Labute approximate surface area is 90.4 Å². The van der Waals surface area contributed by atoms with Crippen LogP contribution in [0, 0.1) is 11.6 Å². The second kappa shape index (κ2) is 5.81. The molecule has 0 aliphatic heterocycles. The van der Waals surface area contributed by atoms with Crippen LogP contribution >= 0.6 is 0 Å². The van der Waals surface area contributed by atoms with Gasteiger partial charge < -0.3 is 11.1 Å². The average molecular weight is 236 g/mol. The Balaban J connectivity index is 2.78. The Morgan fingerprint density at radius 1 is 1.25 bits per heavy atom. The Bertz CT molecular complexity index is 344. The van der Waals surface area contributed by atoms with Crippen LogP contribution in [0.5, 0.6) is 0 Å². The molecule has 0 aliphatic carbocycles. The van der Waals surface area contributed by atoms with E-state index in [1.54, 1.807) is 0 Å². The van der Waals surface area contributed by atoms with Gasteiger partial charge in [-0.25, -0.2) is 17.6 Å². The van der Waals surface area contributed by atoms with Crippen LogP contribution in [0.25, 0.3) is 0 Å². The minimum atomic E-state index is -2.54.